The van der Waals surface area contributed by atoms with Crippen molar-refractivity contribution in [2.45, 2.75) is 26.3 Å². The number of piperidine rings is 1. The molecule has 33 heavy (non-hydrogen) atoms. The molecule has 2 aromatic carbocycles. The van der Waals surface area contributed by atoms with Crippen molar-refractivity contribution in [1.29, 1.82) is 0 Å². The zero-order chi connectivity index (χ0) is 23.2. The Bertz CT molecular complexity index is 1030. The van der Waals surface area contributed by atoms with Crippen LogP contribution in [0.5, 0.6) is 11.5 Å². The second-order valence-corrected chi connectivity index (χ2v) is 7.87. The lowest BCUT2D eigenvalue weighted by Crippen LogP contribution is -2.41. The lowest BCUT2D eigenvalue weighted by atomic mass is 9.96. The van der Waals surface area contributed by atoms with Crippen molar-refractivity contribution < 1.29 is 28.6 Å². The maximum Gasteiger partial charge on any atom is 0.409 e. The summed E-state index contributed by atoms with van der Waals surface area (Å²) in [6, 6.07) is 12.4. The molecule has 9 nitrogen and oxygen atoms in total. The summed E-state index contributed by atoms with van der Waals surface area (Å²) in [7, 11) is 0. The summed E-state index contributed by atoms with van der Waals surface area (Å²) < 4.78 is 15.7. The van der Waals surface area contributed by atoms with E-state index in [0.717, 1.165) is 5.56 Å². The molecule has 0 aliphatic carbocycles. The number of anilines is 1. The van der Waals surface area contributed by atoms with Gasteiger partial charge >= 0.3 is 6.09 Å². The number of para-hydroxylation sites is 1. The highest BCUT2D eigenvalue weighted by Crippen LogP contribution is 2.32. The maximum atomic E-state index is 12.8. The van der Waals surface area contributed by atoms with Crippen LogP contribution in [0.3, 0.4) is 0 Å². The van der Waals surface area contributed by atoms with E-state index in [1.165, 1.54) is 0 Å². The topological polar surface area (TPSA) is 106 Å². The molecule has 2 aliphatic rings. The van der Waals surface area contributed by atoms with Crippen molar-refractivity contribution >= 4 is 23.6 Å². The molecule has 1 fully saturated rings. The quantitative estimate of drug-likeness (QED) is 0.696. The molecule has 0 spiro atoms. The lowest BCUT2D eigenvalue weighted by molar-refractivity contribution is -0.121. The first-order valence-corrected chi connectivity index (χ1v) is 11.0. The summed E-state index contributed by atoms with van der Waals surface area (Å²) in [5.74, 6) is 0.658. The van der Waals surface area contributed by atoms with E-state index < -0.39 is 0 Å². The molecule has 0 aromatic heterocycles. The van der Waals surface area contributed by atoms with Gasteiger partial charge in [-0.15, -0.1) is 0 Å². The van der Waals surface area contributed by atoms with Crippen LogP contribution in [-0.2, 0) is 16.1 Å². The largest absolute Gasteiger partial charge is 0.454 e. The number of benzene rings is 2. The smallest absolute Gasteiger partial charge is 0.409 e. The fourth-order valence-corrected chi connectivity index (χ4v) is 3.89. The molecule has 0 saturated carbocycles. The Labute approximate surface area is 192 Å². The van der Waals surface area contributed by atoms with Crippen molar-refractivity contribution in [3.8, 4) is 11.5 Å². The molecule has 4 rings (SSSR count). The summed E-state index contributed by atoms with van der Waals surface area (Å²) in [4.78, 5) is 39.1. The minimum absolute atomic E-state index is 0.158. The number of fused-ring (bicyclic) bond motifs is 1. The second-order valence-electron chi connectivity index (χ2n) is 7.87. The molecular weight excluding hydrogens is 426 g/mol. The molecule has 174 valence electrons. The average Bonchev–Trinajstić information content (AvgIpc) is 3.31. The van der Waals surface area contributed by atoms with E-state index in [2.05, 4.69) is 10.6 Å². The third-order valence-electron chi connectivity index (χ3n) is 5.71. The van der Waals surface area contributed by atoms with E-state index in [1.54, 1.807) is 36.1 Å². The fourth-order valence-electron chi connectivity index (χ4n) is 3.89. The fraction of sp³-hybridized carbons (Fsp3) is 0.375. The van der Waals surface area contributed by atoms with E-state index in [4.69, 9.17) is 14.2 Å². The van der Waals surface area contributed by atoms with Gasteiger partial charge in [-0.1, -0.05) is 18.2 Å². The summed E-state index contributed by atoms with van der Waals surface area (Å²) >= 11 is 0. The Morgan fingerprint density at radius 2 is 1.82 bits per heavy atom. The number of rotatable bonds is 6. The van der Waals surface area contributed by atoms with Gasteiger partial charge in [-0.25, -0.2) is 4.79 Å². The number of carbonyl (C=O) groups excluding carboxylic acids is 3. The minimum Gasteiger partial charge on any atom is -0.454 e. The van der Waals surface area contributed by atoms with Crippen LogP contribution in [0.4, 0.5) is 10.5 Å². The van der Waals surface area contributed by atoms with Crippen LogP contribution in [0.15, 0.2) is 42.5 Å². The Hall–Kier alpha value is -3.75. The molecule has 0 bridgehead atoms. The molecule has 9 heteroatoms. The van der Waals surface area contributed by atoms with Crippen molar-refractivity contribution in [2.24, 2.45) is 5.92 Å². The van der Waals surface area contributed by atoms with Crippen molar-refractivity contribution in [3.05, 3.63) is 53.6 Å². The Morgan fingerprint density at radius 1 is 1.06 bits per heavy atom. The highest BCUT2D eigenvalue weighted by Gasteiger charge is 2.28. The van der Waals surface area contributed by atoms with Gasteiger partial charge in [0.1, 0.15) is 0 Å². The normalized spacial score (nSPS) is 15.1. The Balaban J connectivity index is 1.34. The third-order valence-corrected chi connectivity index (χ3v) is 5.71. The monoisotopic (exact) mass is 453 g/mol. The van der Waals surface area contributed by atoms with E-state index in [9.17, 15) is 14.4 Å². The number of carbonyl (C=O) groups is 3. The van der Waals surface area contributed by atoms with E-state index >= 15 is 0 Å². The molecule has 2 aliphatic heterocycles. The Kier molecular flexibility index (Phi) is 6.97. The molecule has 0 radical (unpaired) electrons. The average molecular weight is 453 g/mol. The predicted octanol–water partition coefficient (Wildman–Crippen LogP) is 3.15. The summed E-state index contributed by atoms with van der Waals surface area (Å²) in [5, 5.41) is 5.78. The van der Waals surface area contributed by atoms with E-state index in [1.807, 2.05) is 18.2 Å². The van der Waals surface area contributed by atoms with Gasteiger partial charge in [0.05, 0.1) is 17.9 Å². The first-order chi connectivity index (χ1) is 16.0. The van der Waals surface area contributed by atoms with Gasteiger partial charge in [0.25, 0.3) is 5.91 Å². The zero-order valence-corrected chi connectivity index (χ0v) is 18.5. The van der Waals surface area contributed by atoms with Gasteiger partial charge in [-0.2, -0.15) is 0 Å². The van der Waals surface area contributed by atoms with E-state index in [-0.39, 0.29) is 30.6 Å². The van der Waals surface area contributed by atoms with Crippen LogP contribution >= 0.6 is 0 Å². The van der Waals surface area contributed by atoms with Crippen molar-refractivity contribution in [1.82, 2.24) is 10.2 Å². The number of nitrogens with zero attached hydrogens (tertiary/aromatic N) is 1. The first-order valence-electron chi connectivity index (χ1n) is 11.0. The van der Waals surface area contributed by atoms with Crippen LogP contribution in [0.1, 0.15) is 35.7 Å². The van der Waals surface area contributed by atoms with Gasteiger partial charge in [0.2, 0.25) is 12.7 Å². The lowest BCUT2D eigenvalue weighted by Gasteiger charge is -2.30. The standard InChI is InChI=1S/C24H27N3O6/c1-2-31-24(30)27-11-9-17(10-12-27)22(28)26-19-6-4-3-5-18(19)23(29)25-14-16-7-8-20-21(13-16)33-15-32-20/h3-8,13,17H,2,9-12,14-15H2,1H3,(H,25,29)(H,26,28). The van der Waals surface area contributed by atoms with Gasteiger partial charge in [0.15, 0.2) is 11.5 Å². The maximum absolute atomic E-state index is 12.8. The molecule has 3 amide bonds. The molecule has 0 unspecified atom stereocenters. The highest BCUT2D eigenvalue weighted by molar-refractivity contribution is 6.04. The van der Waals surface area contributed by atoms with Crippen molar-refractivity contribution in [2.75, 3.05) is 31.8 Å². The summed E-state index contributed by atoms with van der Waals surface area (Å²) in [6.07, 6.45) is 0.743. The number of hydrogen-bond acceptors (Lipinski definition) is 6. The second kappa shape index (κ2) is 10.2. The van der Waals surface area contributed by atoms with Crippen LogP contribution < -0.4 is 20.1 Å². The molecular formula is C24H27N3O6. The van der Waals surface area contributed by atoms with E-state index in [0.29, 0.717) is 61.8 Å². The number of likely N-dealkylation sites (tertiary alicyclic amines) is 1. The number of nitrogens with one attached hydrogen (secondary N) is 2. The van der Waals surface area contributed by atoms with Gasteiger partial charge in [-0.05, 0) is 49.6 Å². The molecule has 2 heterocycles. The number of amides is 3. The summed E-state index contributed by atoms with van der Waals surface area (Å²) in [5.41, 5.74) is 1.72. The predicted molar refractivity (Wildman–Crippen MR) is 120 cm³/mol. The van der Waals surface area contributed by atoms with Gasteiger partial charge in [-0.3, -0.25) is 9.59 Å². The van der Waals surface area contributed by atoms with Gasteiger partial charge < -0.3 is 29.7 Å². The van der Waals surface area contributed by atoms with Crippen LogP contribution in [0.25, 0.3) is 0 Å². The van der Waals surface area contributed by atoms with Crippen molar-refractivity contribution in [3.63, 3.8) is 0 Å². The van der Waals surface area contributed by atoms with Crippen LogP contribution in [0.2, 0.25) is 0 Å². The van der Waals surface area contributed by atoms with Gasteiger partial charge in [0, 0.05) is 25.6 Å². The number of hydrogen-bond donors (Lipinski definition) is 2. The first kappa shape index (κ1) is 22.4. The molecule has 2 aromatic rings. The third kappa shape index (κ3) is 5.36. The summed E-state index contributed by atoms with van der Waals surface area (Å²) in [6.45, 7) is 3.53. The van der Waals surface area contributed by atoms with Crippen LogP contribution in [-0.4, -0.2) is 49.3 Å². The molecule has 1 saturated heterocycles. The highest BCUT2D eigenvalue weighted by atomic mass is 16.7. The minimum atomic E-state index is -0.346. The zero-order valence-electron chi connectivity index (χ0n) is 18.5. The Morgan fingerprint density at radius 3 is 2.61 bits per heavy atom. The SMILES string of the molecule is CCOC(=O)N1CCC(C(=O)Nc2ccccc2C(=O)NCc2ccc3c(c2)OCO3)CC1. The van der Waals surface area contributed by atoms with Crippen LogP contribution in [0, 0.1) is 5.92 Å². The number of ether oxygens (including phenoxy) is 3. The molecule has 0 atom stereocenters. The molecule has 2 N–H and O–H groups in total.